The van der Waals surface area contributed by atoms with Crippen molar-refractivity contribution in [2.75, 3.05) is 19.5 Å². The Balaban J connectivity index is 2.80. The fraction of sp³-hybridized carbons (Fsp3) is 0.538. The standard InChI is InChI=1S/C13H21NO3/c1-9(13(16-3)17-4)14-12-8-6-5-7-11(12)10(2)15/h5-10,13-15H,1-4H3. The average molecular weight is 239 g/mol. The molecule has 0 saturated heterocycles. The molecule has 4 nitrogen and oxygen atoms in total. The second-order valence-corrected chi connectivity index (χ2v) is 4.04. The molecule has 1 rings (SSSR count). The van der Waals surface area contributed by atoms with Crippen molar-refractivity contribution in [3.63, 3.8) is 0 Å². The van der Waals surface area contributed by atoms with Gasteiger partial charge in [-0.25, -0.2) is 0 Å². The summed E-state index contributed by atoms with van der Waals surface area (Å²) in [6.45, 7) is 3.71. The van der Waals surface area contributed by atoms with Crippen LogP contribution in [0.4, 0.5) is 5.69 Å². The van der Waals surface area contributed by atoms with E-state index in [9.17, 15) is 5.11 Å². The van der Waals surface area contributed by atoms with Gasteiger partial charge in [0.2, 0.25) is 0 Å². The minimum atomic E-state index is -0.505. The zero-order valence-electron chi connectivity index (χ0n) is 10.8. The molecule has 4 heteroatoms. The fourth-order valence-corrected chi connectivity index (χ4v) is 1.81. The van der Waals surface area contributed by atoms with E-state index in [2.05, 4.69) is 5.32 Å². The number of rotatable bonds is 6. The second kappa shape index (κ2) is 6.59. The third-order valence-corrected chi connectivity index (χ3v) is 2.67. The van der Waals surface area contributed by atoms with Crippen molar-refractivity contribution >= 4 is 5.69 Å². The monoisotopic (exact) mass is 239 g/mol. The summed E-state index contributed by atoms with van der Waals surface area (Å²) in [7, 11) is 3.21. The van der Waals surface area contributed by atoms with E-state index in [1.54, 1.807) is 21.1 Å². The van der Waals surface area contributed by atoms with Crippen LogP contribution in [0.2, 0.25) is 0 Å². The second-order valence-electron chi connectivity index (χ2n) is 4.04. The van der Waals surface area contributed by atoms with Crippen LogP contribution in [0.15, 0.2) is 24.3 Å². The van der Waals surface area contributed by atoms with Gasteiger partial charge in [0.05, 0.1) is 12.1 Å². The number of anilines is 1. The third kappa shape index (κ3) is 3.70. The van der Waals surface area contributed by atoms with Gasteiger partial charge in [0.15, 0.2) is 6.29 Å². The van der Waals surface area contributed by atoms with E-state index in [0.717, 1.165) is 11.3 Å². The van der Waals surface area contributed by atoms with Crippen molar-refractivity contribution in [3.8, 4) is 0 Å². The molecule has 17 heavy (non-hydrogen) atoms. The van der Waals surface area contributed by atoms with Gasteiger partial charge in [0.1, 0.15) is 0 Å². The Hall–Kier alpha value is -1.10. The van der Waals surface area contributed by atoms with Gasteiger partial charge in [0, 0.05) is 25.5 Å². The number of methoxy groups -OCH3 is 2. The zero-order valence-corrected chi connectivity index (χ0v) is 10.8. The number of ether oxygens (including phenoxy) is 2. The number of hydrogen-bond donors (Lipinski definition) is 2. The highest BCUT2D eigenvalue weighted by atomic mass is 16.7. The van der Waals surface area contributed by atoms with E-state index in [4.69, 9.17) is 9.47 Å². The first-order chi connectivity index (χ1) is 8.10. The van der Waals surface area contributed by atoms with Gasteiger partial charge in [-0.1, -0.05) is 18.2 Å². The minimum Gasteiger partial charge on any atom is -0.389 e. The van der Waals surface area contributed by atoms with E-state index in [-0.39, 0.29) is 12.3 Å². The first-order valence-corrected chi connectivity index (χ1v) is 5.69. The lowest BCUT2D eigenvalue weighted by Crippen LogP contribution is -2.34. The van der Waals surface area contributed by atoms with Crippen LogP contribution in [0.5, 0.6) is 0 Å². The summed E-state index contributed by atoms with van der Waals surface area (Å²) in [5.41, 5.74) is 1.76. The lowest BCUT2D eigenvalue weighted by molar-refractivity contribution is -0.109. The Labute approximate surface area is 103 Å². The lowest BCUT2D eigenvalue weighted by Gasteiger charge is -2.24. The molecule has 0 radical (unpaired) electrons. The van der Waals surface area contributed by atoms with Crippen LogP contribution in [0.3, 0.4) is 0 Å². The van der Waals surface area contributed by atoms with Crippen LogP contribution in [-0.2, 0) is 9.47 Å². The summed E-state index contributed by atoms with van der Waals surface area (Å²) in [5, 5.41) is 13.0. The van der Waals surface area contributed by atoms with Crippen molar-refractivity contribution < 1.29 is 14.6 Å². The molecule has 1 aromatic carbocycles. The normalized spacial score (nSPS) is 14.7. The molecular weight excluding hydrogens is 218 g/mol. The number of benzene rings is 1. The number of nitrogens with one attached hydrogen (secondary N) is 1. The maximum Gasteiger partial charge on any atom is 0.176 e. The molecule has 2 atom stereocenters. The molecule has 0 fully saturated rings. The van der Waals surface area contributed by atoms with Gasteiger partial charge in [-0.2, -0.15) is 0 Å². The highest BCUT2D eigenvalue weighted by Gasteiger charge is 2.17. The van der Waals surface area contributed by atoms with Gasteiger partial charge in [0.25, 0.3) is 0 Å². The first kappa shape index (κ1) is 14.0. The predicted octanol–water partition coefficient (Wildman–Crippen LogP) is 2.16. The third-order valence-electron chi connectivity index (χ3n) is 2.67. The number of para-hydroxylation sites is 1. The van der Waals surface area contributed by atoms with Crippen LogP contribution in [-0.4, -0.2) is 31.7 Å². The molecule has 1 aromatic rings. The Kier molecular flexibility index (Phi) is 5.41. The average Bonchev–Trinajstić information content (AvgIpc) is 2.31. The van der Waals surface area contributed by atoms with Crippen molar-refractivity contribution in [2.24, 2.45) is 0 Å². The Morgan fingerprint density at radius 3 is 2.24 bits per heavy atom. The molecular formula is C13H21NO3. The van der Waals surface area contributed by atoms with Crippen molar-refractivity contribution in [1.82, 2.24) is 0 Å². The molecule has 0 aliphatic carbocycles. The zero-order chi connectivity index (χ0) is 12.8. The molecule has 0 aromatic heterocycles. The topological polar surface area (TPSA) is 50.7 Å². The van der Waals surface area contributed by atoms with Crippen molar-refractivity contribution in [3.05, 3.63) is 29.8 Å². The summed E-state index contributed by atoms with van der Waals surface area (Å²) in [6, 6.07) is 7.65. The molecule has 2 unspecified atom stereocenters. The van der Waals surface area contributed by atoms with E-state index in [1.807, 2.05) is 31.2 Å². The van der Waals surface area contributed by atoms with Crippen LogP contribution >= 0.6 is 0 Å². The summed E-state index contributed by atoms with van der Waals surface area (Å²) < 4.78 is 10.4. The minimum absolute atomic E-state index is 0.00935. The van der Waals surface area contributed by atoms with E-state index in [0.29, 0.717) is 0 Å². The molecule has 0 aliphatic heterocycles. The SMILES string of the molecule is COC(OC)C(C)Nc1ccccc1C(C)O. The van der Waals surface area contributed by atoms with E-state index in [1.165, 1.54) is 0 Å². The number of aliphatic hydroxyl groups excluding tert-OH is 1. The lowest BCUT2D eigenvalue weighted by atomic mass is 10.1. The van der Waals surface area contributed by atoms with E-state index < -0.39 is 6.10 Å². The largest absolute Gasteiger partial charge is 0.389 e. The first-order valence-electron chi connectivity index (χ1n) is 5.69. The molecule has 0 spiro atoms. The fourth-order valence-electron chi connectivity index (χ4n) is 1.81. The van der Waals surface area contributed by atoms with E-state index >= 15 is 0 Å². The molecule has 96 valence electrons. The van der Waals surface area contributed by atoms with Crippen molar-refractivity contribution in [2.45, 2.75) is 32.3 Å². The smallest absolute Gasteiger partial charge is 0.176 e. The summed E-state index contributed by atoms with van der Waals surface area (Å²) >= 11 is 0. The van der Waals surface area contributed by atoms with Gasteiger partial charge in [-0.3, -0.25) is 0 Å². The highest BCUT2D eigenvalue weighted by molar-refractivity contribution is 5.52. The molecule has 2 N–H and O–H groups in total. The van der Waals surface area contributed by atoms with Crippen LogP contribution in [0, 0.1) is 0 Å². The molecule has 0 saturated carbocycles. The Bertz CT molecular complexity index is 337. The van der Waals surface area contributed by atoms with Gasteiger partial charge in [-0.15, -0.1) is 0 Å². The van der Waals surface area contributed by atoms with Crippen LogP contribution in [0.25, 0.3) is 0 Å². The Morgan fingerprint density at radius 2 is 1.71 bits per heavy atom. The van der Waals surface area contributed by atoms with Crippen LogP contribution < -0.4 is 5.32 Å². The van der Waals surface area contributed by atoms with Gasteiger partial charge in [-0.05, 0) is 19.9 Å². The molecule has 0 bridgehead atoms. The summed E-state index contributed by atoms with van der Waals surface area (Å²) in [6.07, 6.45) is -0.827. The van der Waals surface area contributed by atoms with Crippen molar-refractivity contribution in [1.29, 1.82) is 0 Å². The maximum absolute atomic E-state index is 9.67. The molecule has 0 heterocycles. The summed E-state index contributed by atoms with van der Waals surface area (Å²) in [5.74, 6) is 0. The molecule has 0 aliphatic rings. The van der Waals surface area contributed by atoms with Gasteiger partial charge >= 0.3 is 0 Å². The van der Waals surface area contributed by atoms with Crippen LogP contribution in [0.1, 0.15) is 25.5 Å². The molecule has 0 amide bonds. The Morgan fingerprint density at radius 1 is 1.12 bits per heavy atom. The maximum atomic E-state index is 9.67. The number of aliphatic hydroxyl groups is 1. The predicted molar refractivity (Wildman–Crippen MR) is 68.0 cm³/mol. The number of hydrogen-bond acceptors (Lipinski definition) is 4. The quantitative estimate of drug-likeness (QED) is 0.747. The van der Waals surface area contributed by atoms with Gasteiger partial charge < -0.3 is 19.9 Å². The summed E-state index contributed by atoms with van der Waals surface area (Å²) in [4.78, 5) is 0. The highest BCUT2D eigenvalue weighted by Crippen LogP contribution is 2.23.